The summed E-state index contributed by atoms with van der Waals surface area (Å²) in [5.74, 6) is 1.99. The normalized spacial score (nSPS) is 11.8. The molecule has 1 aromatic heterocycles. The number of aromatic amines is 1. The van der Waals surface area contributed by atoms with Crippen molar-refractivity contribution in [3.05, 3.63) is 65.4 Å². The van der Waals surface area contributed by atoms with Crippen molar-refractivity contribution in [1.82, 2.24) is 4.98 Å². The van der Waals surface area contributed by atoms with Crippen LogP contribution >= 0.6 is 0 Å². The molecule has 0 aliphatic carbocycles. The van der Waals surface area contributed by atoms with Crippen LogP contribution in [-0.4, -0.2) is 57.3 Å². The minimum absolute atomic E-state index is 0.129. The Labute approximate surface area is 249 Å². The van der Waals surface area contributed by atoms with Gasteiger partial charge in [-0.25, -0.2) is 9.59 Å². The lowest BCUT2D eigenvalue weighted by Crippen LogP contribution is -2.15. The first-order valence-electron chi connectivity index (χ1n) is 14.3. The van der Waals surface area contributed by atoms with E-state index in [1.54, 1.807) is 27.0 Å². The lowest BCUT2D eigenvalue weighted by molar-refractivity contribution is -0.145. The Kier molecular flexibility index (Phi) is 9.24. The molecule has 0 spiro atoms. The molecule has 0 unspecified atom stereocenters. The minimum Gasteiger partial charge on any atom is -0.497 e. The van der Waals surface area contributed by atoms with Crippen LogP contribution in [0.4, 0.5) is 0 Å². The number of nitrogens with one attached hydrogen (secondary N) is 1. The topological polar surface area (TPSA) is 115 Å². The van der Waals surface area contributed by atoms with Gasteiger partial charge in [0.2, 0.25) is 6.79 Å². The van der Waals surface area contributed by atoms with Gasteiger partial charge in [0.05, 0.1) is 26.9 Å². The van der Waals surface area contributed by atoms with Crippen LogP contribution in [0, 0.1) is 0 Å². The Bertz CT molecular complexity index is 1620. The third-order valence-corrected chi connectivity index (χ3v) is 6.92. The number of hydrogen-bond acceptors (Lipinski definition) is 9. The minimum atomic E-state index is -0.476. The Morgan fingerprint density at radius 2 is 1.70 bits per heavy atom. The van der Waals surface area contributed by atoms with Crippen LogP contribution in [0.15, 0.2) is 48.5 Å². The van der Waals surface area contributed by atoms with Gasteiger partial charge >= 0.3 is 11.9 Å². The summed E-state index contributed by atoms with van der Waals surface area (Å²) in [5.41, 5.74) is 4.08. The number of aromatic nitrogens is 1. The number of H-pyrrole nitrogens is 1. The summed E-state index contributed by atoms with van der Waals surface area (Å²) < 4.78 is 39.3. The number of rotatable bonds is 13. The van der Waals surface area contributed by atoms with Gasteiger partial charge in [0.15, 0.2) is 18.1 Å². The molecule has 1 aliphatic heterocycles. The predicted octanol–water partition coefficient (Wildman–Crippen LogP) is 6.07. The van der Waals surface area contributed by atoms with Crippen molar-refractivity contribution >= 4 is 22.8 Å². The molecule has 5 rings (SSSR count). The third-order valence-electron chi connectivity index (χ3n) is 6.92. The van der Waals surface area contributed by atoms with Gasteiger partial charge in [0.1, 0.15) is 22.9 Å². The van der Waals surface area contributed by atoms with Crippen molar-refractivity contribution in [2.45, 2.75) is 33.6 Å². The predicted molar refractivity (Wildman–Crippen MR) is 160 cm³/mol. The Hall–Kier alpha value is -4.86. The van der Waals surface area contributed by atoms with Gasteiger partial charge in [-0.2, -0.15) is 0 Å². The molecule has 10 heteroatoms. The highest BCUT2D eigenvalue weighted by Gasteiger charge is 2.26. The Morgan fingerprint density at radius 1 is 0.884 bits per heavy atom. The van der Waals surface area contributed by atoms with Crippen LogP contribution < -0.4 is 23.7 Å². The molecule has 0 saturated heterocycles. The highest BCUT2D eigenvalue weighted by molar-refractivity contribution is 6.10. The van der Waals surface area contributed by atoms with Crippen molar-refractivity contribution in [1.29, 1.82) is 0 Å². The number of carbonyl (C=O) groups excluding carboxylic acids is 2. The molecule has 0 radical (unpaired) electrons. The van der Waals surface area contributed by atoms with Crippen molar-refractivity contribution in [2.75, 3.05) is 40.3 Å². The molecule has 1 N–H and O–H groups in total. The van der Waals surface area contributed by atoms with E-state index < -0.39 is 11.9 Å². The fraction of sp³-hybridized carbons (Fsp3) is 0.333. The zero-order valence-electron chi connectivity index (χ0n) is 24.7. The van der Waals surface area contributed by atoms with Crippen molar-refractivity contribution in [2.24, 2.45) is 0 Å². The van der Waals surface area contributed by atoms with E-state index in [9.17, 15) is 9.59 Å². The second-order valence-corrected chi connectivity index (χ2v) is 9.72. The number of benzene rings is 3. The summed E-state index contributed by atoms with van der Waals surface area (Å²) in [6.45, 7) is 6.40. The van der Waals surface area contributed by atoms with Gasteiger partial charge in [-0.3, -0.25) is 0 Å². The molecule has 0 bridgehead atoms. The largest absolute Gasteiger partial charge is 0.497 e. The molecule has 10 nitrogen and oxygen atoms in total. The average Bonchev–Trinajstić information content (AvgIpc) is 3.65. The standard InChI is InChI=1S/C33H35NO9/c1-5-14-40-25-13-11-24-31(23(25)15-20-8-10-22(37-4)17-27(20)41-18-29(35)38-6-2)30(32(34-24)33(36)39-7-3)21-9-12-26-28(16-21)43-19-42-26/h8-13,16-17,34H,5-7,14-15,18-19H2,1-4H3. The highest BCUT2D eigenvalue weighted by Crippen LogP contribution is 2.44. The van der Waals surface area contributed by atoms with Gasteiger partial charge < -0.3 is 38.1 Å². The summed E-state index contributed by atoms with van der Waals surface area (Å²) in [6, 6.07) is 14.8. The van der Waals surface area contributed by atoms with E-state index in [4.69, 9.17) is 33.2 Å². The number of ether oxygens (including phenoxy) is 7. The maximum Gasteiger partial charge on any atom is 0.355 e. The molecule has 226 valence electrons. The van der Waals surface area contributed by atoms with Gasteiger partial charge in [0, 0.05) is 34.5 Å². The molecule has 43 heavy (non-hydrogen) atoms. The van der Waals surface area contributed by atoms with E-state index in [0.717, 1.165) is 34.0 Å². The summed E-state index contributed by atoms with van der Waals surface area (Å²) in [7, 11) is 1.57. The quantitative estimate of drug-likeness (QED) is 0.186. The van der Waals surface area contributed by atoms with E-state index in [1.165, 1.54) is 0 Å². The molecule has 4 aromatic rings. The molecule has 2 heterocycles. The number of hydrogen-bond donors (Lipinski definition) is 1. The summed E-state index contributed by atoms with van der Waals surface area (Å²) in [5, 5.41) is 0.794. The van der Waals surface area contributed by atoms with Crippen LogP contribution in [0.2, 0.25) is 0 Å². The fourth-order valence-corrected chi connectivity index (χ4v) is 5.03. The second-order valence-electron chi connectivity index (χ2n) is 9.72. The summed E-state index contributed by atoms with van der Waals surface area (Å²) >= 11 is 0. The van der Waals surface area contributed by atoms with Gasteiger partial charge in [-0.05, 0) is 61.7 Å². The van der Waals surface area contributed by atoms with E-state index in [-0.39, 0.29) is 26.6 Å². The van der Waals surface area contributed by atoms with Crippen LogP contribution in [0.25, 0.3) is 22.0 Å². The van der Waals surface area contributed by atoms with E-state index in [0.29, 0.717) is 53.0 Å². The van der Waals surface area contributed by atoms with Gasteiger partial charge in [-0.1, -0.05) is 19.1 Å². The number of esters is 2. The molecule has 0 atom stereocenters. The second kappa shape index (κ2) is 13.4. The summed E-state index contributed by atoms with van der Waals surface area (Å²) in [4.78, 5) is 28.7. The number of carbonyl (C=O) groups is 2. The zero-order valence-corrected chi connectivity index (χ0v) is 24.7. The van der Waals surface area contributed by atoms with Crippen LogP contribution in [0.5, 0.6) is 28.7 Å². The number of fused-ring (bicyclic) bond motifs is 2. The Balaban J connectivity index is 1.70. The first-order chi connectivity index (χ1) is 21.0. The molecule has 1 aliphatic rings. The van der Waals surface area contributed by atoms with Crippen molar-refractivity contribution < 1.29 is 42.7 Å². The average molecular weight is 590 g/mol. The third kappa shape index (κ3) is 6.33. The highest BCUT2D eigenvalue weighted by atomic mass is 16.7. The molecule has 0 fully saturated rings. The molecule has 0 amide bonds. The number of methoxy groups -OCH3 is 1. The first kappa shape index (κ1) is 29.6. The lowest BCUT2D eigenvalue weighted by Gasteiger charge is -2.17. The van der Waals surface area contributed by atoms with Crippen LogP contribution in [0.3, 0.4) is 0 Å². The smallest absolute Gasteiger partial charge is 0.355 e. The van der Waals surface area contributed by atoms with E-state index >= 15 is 0 Å². The van der Waals surface area contributed by atoms with E-state index in [2.05, 4.69) is 4.98 Å². The van der Waals surface area contributed by atoms with Gasteiger partial charge in [-0.15, -0.1) is 0 Å². The first-order valence-corrected chi connectivity index (χ1v) is 14.3. The summed E-state index contributed by atoms with van der Waals surface area (Å²) in [6.07, 6.45) is 1.17. The fourth-order valence-electron chi connectivity index (χ4n) is 5.03. The maximum absolute atomic E-state index is 13.3. The molecule has 0 saturated carbocycles. The SMILES string of the molecule is CCCOc1ccc2[nH]c(C(=O)OCC)c(-c3ccc4c(c3)OCO4)c2c1Cc1ccc(OC)cc1OCC(=O)OCC. The lowest BCUT2D eigenvalue weighted by atomic mass is 9.93. The Morgan fingerprint density at radius 3 is 2.47 bits per heavy atom. The molecular weight excluding hydrogens is 554 g/mol. The van der Waals surface area contributed by atoms with Crippen LogP contribution in [-0.2, 0) is 20.7 Å². The maximum atomic E-state index is 13.3. The van der Waals surface area contributed by atoms with Crippen molar-refractivity contribution in [3.8, 4) is 39.9 Å². The van der Waals surface area contributed by atoms with E-state index in [1.807, 2.05) is 49.4 Å². The van der Waals surface area contributed by atoms with Gasteiger partial charge in [0.25, 0.3) is 0 Å². The molecular formula is C33H35NO9. The molecule has 3 aromatic carbocycles. The van der Waals surface area contributed by atoms with Crippen molar-refractivity contribution in [3.63, 3.8) is 0 Å². The zero-order chi connectivity index (χ0) is 30.3. The monoisotopic (exact) mass is 589 g/mol. The van der Waals surface area contributed by atoms with Crippen LogP contribution in [0.1, 0.15) is 48.8 Å².